The minimum atomic E-state index is -4.37. The van der Waals surface area contributed by atoms with Gasteiger partial charge in [-0.05, 0) is 54.8 Å². The first-order chi connectivity index (χ1) is 13.7. The maximum absolute atomic E-state index is 12.9. The van der Waals surface area contributed by atoms with Crippen molar-refractivity contribution in [3.63, 3.8) is 0 Å². The van der Waals surface area contributed by atoms with E-state index in [0.717, 1.165) is 35.4 Å². The first-order valence-electron chi connectivity index (χ1n) is 9.51. The number of hydrogen-bond acceptors (Lipinski definition) is 3. The summed E-state index contributed by atoms with van der Waals surface area (Å²) in [5.41, 5.74) is 2.29. The van der Waals surface area contributed by atoms with Gasteiger partial charge in [-0.25, -0.2) is 0 Å². The summed E-state index contributed by atoms with van der Waals surface area (Å²) >= 11 is 0. The lowest BCUT2D eigenvalue weighted by Crippen LogP contribution is -2.48. The van der Waals surface area contributed by atoms with Crippen molar-refractivity contribution in [2.75, 3.05) is 26.7 Å². The van der Waals surface area contributed by atoms with Gasteiger partial charge in [-0.1, -0.05) is 18.2 Å². The Morgan fingerprint density at radius 3 is 2.38 bits per heavy atom. The molecule has 0 spiro atoms. The molecular formula is C22H25F3N2O2. The van der Waals surface area contributed by atoms with Crippen molar-refractivity contribution in [3.05, 3.63) is 64.7 Å². The zero-order valence-corrected chi connectivity index (χ0v) is 16.7. The fourth-order valence-electron chi connectivity index (χ4n) is 3.93. The molecule has 7 heteroatoms. The molecule has 1 amide bonds. The summed E-state index contributed by atoms with van der Waals surface area (Å²) in [6.45, 7) is 5.91. The molecule has 0 aliphatic carbocycles. The lowest BCUT2D eigenvalue weighted by atomic mass is 9.96. The highest BCUT2D eigenvalue weighted by Crippen LogP contribution is 2.34. The summed E-state index contributed by atoms with van der Waals surface area (Å²) in [5, 5.41) is 0. The second kappa shape index (κ2) is 8.45. The Morgan fingerprint density at radius 2 is 1.83 bits per heavy atom. The van der Waals surface area contributed by atoms with Gasteiger partial charge in [0.1, 0.15) is 5.75 Å². The predicted molar refractivity (Wildman–Crippen MR) is 105 cm³/mol. The number of piperazine rings is 1. The van der Waals surface area contributed by atoms with E-state index in [9.17, 15) is 18.0 Å². The number of methoxy groups -OCH3 is 1. The van der Waals surface area contributed by atoms with Crippen LogP contribution >= 0.6 is 0 Å². The molecule has 0 N–H and O–H groups in total. The van der Waals surface area contributed by atoms with Gasteiger partial charge in [-0.3, -0.25) is 9.69 Å². The van der Waals surface area contributed by atoms with E-state index < -0.39 is 11.7 Å². The van der Waals surface area contributed by atoms with Crippen molar-refractivity contribution < 1.29 is 22.7 Å². The fourth-order valence-corrected chi connectivity index (χ4v) is 3.93. The van der Waals surface area contributed by atoms with Crippen LogP contribution in [0.4, 0.5) is 13.2 Å². The van der Waals surface area contributed by atoms with Crippen LogP contribution in [0.2, 0.25) is 0 Å². The monoisotopic (exact) mass is 406 g/mol. The highest BCUT2D eigenvalue weighted by atomic mass is 19.4. The number of carbonyl (C=O) groups excluding carboxylic acids is 1. The largest absolute Gasteiger partial charge is 0.497 e. The van der Waals surface area contributed by atoms with Crippen LogP contribution in [0.1, 0.15) is 41.3 Å². The Hall–Kier alpha value is -2.54. The van der Waals surface area contributed by atoms with E-state index in [0.29, 0.717) is 25.2 Å². The minimum absolute atomic E-state index is 0.103. The zero-order valence-electron chi connectivity index (χ0n) is 16.7. The Morgan fingerprint density at radius 1 is 1.14 bits per heavy atom. The number of amides is 1. The van der Waals surface area contributed by atoms with Crippen LogP contribution in [0.15, 0.2) is 42.5 Å². The molecule has 2 aromatic carbocycles. The first-order valence-corrected chi connectivity index (χ1v) is 9.51. The van der Waals surface area contributed by atoms with Gasteiger partial charge >= 0.3 is 6.18 Å². The van der Waals surface area contributed by atoms with Crippen molar-refractivity contribution >= 4 is 6.41 Å². The fraction of sp³-hybridized carbons (Fsp3) is 0.409. The summed E-state index contributed by atoms with van der Waals surface area (Å²) in [5.74, 6) is 0.798. The molecule has 156 valence electrons. The third-order valence-corrected chi connectivity index (χ3v) is 5.69. The number of carbonyl (C=O) groups is 1. The topological polar surface area (TPSA) is 32.8 Å². The van der Waals surface area contributed by atoms with Gasteiger partial charge in [0.05, 0.1) is 18.7 Å². The third kappa shape index (κ3) is 4.56. The van der Waals surface area contributed by atoms with Crippen LogP contribution in [-0.2, 0) is 11.0 Å². The highest BCUT2D eigenvalue weighted by molar-refractivity contribution is 5.49. The molecule has 1 fully saturated rings. The quantitative estimate of drug-likeness (QED) is 0.681. The Bertz CT molecular complexity index is 852. The van der Waals surface area contributed by atoms with Crippen molar-refractivity contribution in [3.8, 4) is 5.75 Å². The summed E-state index contributed by atoms with van der Waals surface area (Å²) in [6.07, 6.45) is -3.59. The number of halogens is 3. The van der Waals surface area contributed by atoms with Gasteiger partial charge in [0.25, 0.3) is 0 Å². The molecule has 2 aromatic rings. The average Bonchev–Trinajstić information content (AvgIpc) is 2.72. The molecule has 1 aliphatic rings. The van der Waals surface area contributed by atoms with Gasteiger partial charge in [-0.2, -0.15) is 13.2 Å². The van der Waals surface area contributed by atoms with Crippen LogP contribution in [0.5, 0.6) is 5.75 Å². The number of benzene rings is 2. The maximum Gasteiger partial charge on any atom is 0.416 e. The molecule has 0 saturated carbocycles. The molecule has 0 aromatic heterocycles. The van der Waals surface area contributed by atoms with Crippen molar-refractivity contribution in [1.29, 1.82) is 0 Å². The van der Waals surface area contributed by atoms with Crippen LogP contribution in [-0.4, -0.2) is 43.0 Å². The summed E-state index contributed by atoms with van der Waals surface area (Å²) < 4.78 is 43.9. The molecule has 0 radical (unpaired) electrons. The number of alkyl halides is 3. The van der Waals surface area contributed by atoms with E-state index >= 15 is 0 Å². The molecule has 1 saturated heterocycles. The average molecular weight is 406 g/mol. The molecule has 2 unspecified atom stereocenters. The van der Waals surface area contributed by atoms with E-state index in [1.54, 1.807) is 12.0 Å². The third-order valence-electron chi connectivity index (χ3n) is 5.69. The number of aryl methyl sites for hydroxylation is 1. The van der Waals surface area contributed by atoms with Gasteiger partial charge in [-0.15, -0.1) is 0 Å². The number of rotatable bonds is 5. The molecule has 3 rings (SSSR count). The van der Waals surface area contributed by atoms with Crippen LogP contribution < -0.4 is 4.74 Å². The summed E-state index contributed by atoms with van der Waals surface area (Å²) in [7, 11) is 1.63. The maximum atomic E-state index is 12.9. The predicted octanol–water partition coefficient (Wildman–Crippen LogP) is 4.60. The number of nitrogens with zero attached hydrogens (tertiary/aromatic N) is 2. The molecule has 4 nitrogen and oxygen atoms in total. The molecule has 1 aliphatic heterocycles. The molecule has 29 heavy (non-hydrogen) atoms. The Labute approximate surface area is 168 Å². The lowest BCUT2D eigenvalue weighted by Gasteiger charge is -2.42. The molecule has 1 heterocycles. The molecular weight excluding hydrogens is 381 g/mol. The van der Waals surface area contributed by atoms with Crippen LogP contribution in [0, 0.1) is 6.92 Å². The normalized spacial score (nSPS) is 19.1. The van der Waals surface area contributed by atoms with Crippen molar-refractivity contribution in [2.24, 2.45) is 0 Å². The van der Waals surface area contributed by atoms with Crippen LogP contribution in [0.3, 0.4) is 0 Å². The van der Waals surface area contributed by atoms with Crippen molar-refractivity contribution in [1.82, 2.24) is 9.80 Å². The van der Waals surface area contributed by atoms with Crippen molar-refractivity contribution in [2.45, 2.75) is 32.1 Å². The summed E-state index contributed by atoms with van der Waals surface area (Å²) in [4.78, 5) is 15.5. The van der Waals surface area contributed by atoms with E-state index in [4.69, 9.17) is 4.74 Å². The number of hydrogen-bond donors (Lipinski definition) is 0. The second-order valence-electron chi connectivity index (χ2n) is 7.37. The lowest BCUT2D eigenvalue weighted by molar-refractivity contribution is -0.137. The van der Waals surface area contributed by atoms with E-state index in [-0.39, 0.29) is 12.1 Å². The van der Waals surface area contributed by atoms with Gasteiger partial charge in [0.2, 0.25) is 6.41 Å². The standard InChI is InChI=1S/C22H25F3N2O2/c1-15-12-19(29-3)8-9-20(15)16(2)26-10-11-27(14-28)21(13-26)17-4-6-18(7-5-17)22(23,24)25/h4-9,12,14,16,21H,10-11,13H2,1-3H3. The van der Waals surface area contributed by atoms with Gasteiger partial charge < -0.3 is 9.64 Å². The summed E-state index contributed by atoms with van der Waals surface area (Å²) in [6, 6.07) is 10.9. The van der Waals surface area contributed by atoms with E-state index in [1.807, 2.05) is 25.1 Å². The first kappa shape index (κ1) is 21.2. The Balaban J connectivity index is 1.82. The smallest absolute Gasteiger partial charge is 0.416 e. The van der Waals surface area contributed by atoms with Gasteiger partial charge in [0, 0.05) is 25.7 Å². The SMILES string of the molecule is COc1ccc(C(C)N2CCN(C=O)C(c3ccc(C(F)(F)F)cc3)C2)c(C)c1. The van der Waals surface area contributed by atoms with E-state index in [2.05, 4.69) is 11.8 Å². The second-order valence-corrected chi connectivity index (χ2v) is 7.37. The molecule has 0 bridgehead atoms. The number of ether oxygens (including phenoxy) is 1. The zero-order chi connectivity index (χ0) is 21.2. The Kier molecular flexibility index (Phi) is 6.17. The van der Waals surface area contributed by atoms with Gasteiger partial charge in [0.15, 0.2) is 0 Å². The van der Waals surface area contributed by atoms with E-state index in [1.165, 1.54) is 12.1 Å². The highest BCUT2D eigenvalue weighted by Gasteiger charge is 2.33. The minimum Gasteiger partial charge on any atom is -0.497 e. The molecule has 2 atom stereocenters. The van der Waals surface area contributed by atoms with Crippen LogP contribution in [0.25, 0.3) is 0 Å².